The number of fused-ring (bicyclic) bond motifs is 1. The van der Waals surface area contributed by atoms with Crippen LogP contribution in [-0.4, -0.2) is 42.4 Å². The fourth-order valence-electron chi connectivity index (χ4n) is 6.65. The Bertz CT molecular complexity index is 1680. The number of benzene rings is 4. The summed E-state index contributed by atoms with van der Waals surface area (Å²) in [6, 6.07) is 27.9. The van der Waals surface area contributed by atoms with Crippen molar-refractivity contribution >= 4 is 22.7 Å². The molecule has 0 saturated carbocycles. The molecule has 1 unspecified atom stereocenters. The first-order valence-corrected chi connectivity index (χ1v) is 16.3. The Labute approximate surface area is 270 Å². The second-order valence-corrected chi connectivity index (χ2v) is 13.1. The van der Waals surface area contributed by atoms with E-state index in [1.54, 1.807) is 19.9 Å². The highest BCUT2D eigenvalue weighted by Crippen LogP contribution is 2.43. The predicted molar refractivity (Wildman–Crippen MR) is 180 cm³/mol. The largest absolute Gasteiger partial charge is 0.489 e. The van der Waals surface area contributed by atoms with Gasteiger partial charge in [0.15, 0.2) is 0 Å². The SMILES string of the molecule is CC(C)(O)c1ccc(-c2ccc3c(c2)CCCC(c2cccc(F)c2Cl)=C3c2ccc(OC3CCN(CCCF)C3)cc2)cc1. The Morgan fingerprint density at radius 3 is 2.38 bits per heavy atom. The van der Waals surface area contributed by atoms with E-state index in [1.165, 1.54) is 11.6 Å². The van der Waals surface area contributed by atoms with E-state index in [0.29, 0.717) is 6.42 Å². The van der Waals surface area contributed by atoms with Crippen molar-refractivity contribution < 1.29 is 18.6 Å². The second kappa shape index (κ2) is 13.5. The van der Waals surface area contributed by atoms with Gasteiger partial charge >= 0.3 is 0 Å². The topological polar surface area (TPSA) is 32.7 Å². The molecule has 4 aromatic carbocycles. The first-order chi connectivity index (χ1) is 21.7. The van der Waals surface area contributed by atoms with Crippen molar-refractivity contribution in [1.82, 2.24) is 4.90 Å². The molecule has 1 atom stereocenters. The number of likely N-dealkylation sites (tertiary alicyclic amines) is 1. The van der Waals surface area contributed by atoms with E-state index >= 15 is 0 Å². The average molecular weight is 628 g/mol. The van der Waals surface area contributed by atoms with E-state index in [1.807, 2.05) is 30.3 Å². The summed E-state index contributed by atoms with van der Waals surface area (Å²) in [5, 5.41) is 10.5. The molecule has 1 aliphatic carbocycles. The molecule has 1 heterocycles. The van der Waals surface area contributed by atoms with E-state index in [-0.39, 0.29) is 17.8 Å². The van der Waals surface area contributed by atoms with Crippen molar-refractivity contribution in [2.75, 3.05) is 26.3 Å². The molecular weight excluding hydrogens is 588 g/mol. The minimum atomic E-state index is -0.894. The summed E-state index contributed by atoms with van der Waals surface area (Å²) < 4.78 is 33.7. The molecule has 0 spiro atoms. The van der Waals surface area contributed by atoms with Crippen LogP contribution in [0.25, 0.3) is 22.3 Å². The number of halogens is 3. The smallest absolute Gasteiger partial charge is 0.142 e. The van der Waals surface area contributed by atoms with Crippen molar-refractivity contribution in [3.05, 3.63) is 124 Å². The number of alkyl halides is 1. The van der Waals surface area contributed by atoms with Crippen LogP contribution in [0.2, 0.25) is 5.02 Å². The van der Waals surface area contributed by atoms with Crippen LogP contribution >= 0.6 is 11.6 Å². The van der Waals surface area contributed by atoms with Crippen molar-refractivity contribution in [3.8, 4) is 16.9 Å². The van der Waals surface area contributed by atoms with Crippen molar-refractivity contribution in [1.29, 1.82) is 0 Å². The maximum absolute atomic E-state index is 14.7. The van der Waals surface area contributed by atoms with Crippen LogP contribution in [0.4, 0.5) is 8.78 Å². The Morgan fingerprint density at radius 1 is 0.911 bits per heavy atom. The maximum atomic E-state index is 14.7. The van der Waals surface area contributed by atoms with Gasteiger partial charge in [0.05, 0.1) is 17.3 Å². The molecule has 1 aliphatic heterocycles. The fraction of sp³-hybridized carbons (Fsp3) is 0.333. The van der Waals surface area contributed by atoms with E-state index in [4.69, 9.17) is 16.3 Å². The van der Waals surface area contributed by atoms with Gasteiger partial charge < -0.3 is 9.84 Å². The first-order valence-electron chi connectivity index (χ1n) is 15.9. The molecule has 2 aliphatic rings. The molecule has 0 aromatic heterocycles. The van der Waals surface area contributed by atoms with Gasteiger partial charge in [-0.2, -0.15) is 0 Å². The third-order valence-electron chi connectivity index (χ3n) is 9.03. The van der Waals surface area contributed by atoms with E-state index in [0.717, 1.165) is 95.6 Å². The average Bonchev–Trinajstić information content (AvgIpc) is 3.39. The summed E-state index contributed by atoms with van der Waals surface area (Å²) in [6.45, 7) is 5.80. The van der Waals surface area contributed by atoms with Gasteiger partial charge in [0.2, 0.25) is 0 Å². The van der Waals surface area contributed by atoms with E-state index < -0.39 is 11.4 Å². The lowest BCUT2D eigenvalue weighted by Crippen LogP contribution is -2.26. The minimum Gasteiger partial charge on any atom is -0.489 e. The summed E-state index contributed by atoms with van der Waals surface area (Å²) in [5.74, 6) is 0.386. The Balaban J connectivity index is 1.36. The second-order valence-electron chi connectivity index (χ2n) is 12.7. The lowest BCUT2D eigenvalue weighted by molar-refractivity contribution is 0.0786. The third-order valence-corrected chi connectivity index (χ3v) is 9.42. The van der Waals surface area contributed by atoms with Crippen LogP contribution in [0.15, 0.2) is 84.9 Å². The molecule has 1 fully saturated rings. The number of rotatable bonds is 9. The highest BCUT2D eigenvalue weighted by molar-refractivity contribution is 6.33. The molecule has 6 heteroatoms. The molecule has 0 bridgehead atoms. The first kappa shape index (κ1) is 31.5. The number of aliphatic hydroxyl groups is 1. The molecule has 1 saturated heterocycles. The van der Waals surface area contributed by atoms with E-state index in [2.05, 4.69) is 47.4 Å². The summed E-state index contributed by atoms with van der Waals surface area (Å²) >= 11 is 6.60. The summed E-state index contributed by atoms with van der Waals surface area (Å²) in [7, 11) is 0. The molecule has 234 valence electrons. The normalized spacial score (nSPS) is 17.3. The zero-order chi connectivity index (χ0) is 31.6. The monoisotopic (exact) mass is 627 g/mol. The van der Waals surface area contributed by atoms with Gasteiger partial charge in [0.25, 0.3) is 0 Å². The molecule has 45 heavy (non-hydrogen) atoms. The van der Waals surface area contributed by atoms with Gasteiger partial charge in [0.1, 0.15) is 17.7 Å². The zero-order valence-corrected chi connectivity index (χ0v) is 26.7. The number of nitrogens with zero attached hydrogens (tertiary/aromatic N) is 1. The number of hydrogen-bond donors (Lipinski definition) is 1. The number of ether oxygens (including phenoxy) is 1. The number of aryl methyl sites for hydroxylation is 1. The summed E-state index contributed by atoms with van der Waals surface area (Å²) in [5.41, 5.74) is 8.38. The zero-order valence-electron chi connectivity index (χ0n) is 26.0. The van der Waals surface area contributed by atoms with Gasteiger partial charge in [-0.3, -0.25) is 9.29 Å². The van der Waals surface area contributed by atoms with E-state index in [9.17, 15) is 13.9 Å². The molecule has 3 nitrogen and oxygen atoms in total. The highest BCUT2D eigenvalue weighted by atomic mass is 35.5. The van der Waals surface area contributed by atoms with Crippen molar-refractivity contribution in [3.63, 3.8) is 0 Å². The molecule has 4 aromatic rings. The van der Waals surface area contributed by atoms with Gasteiger partial charge in [0, 0.05) is 19.6 Å². The van der Waals surface area contributed by atoms with Crippen LogP contribution in [-0.2, 0) is 12.0 Å². The van der Waals surface area contributed by atoms with Gasteiger partial charge in [-0.25, -0.2) is 4.39 Å². The Morgan fingerprint density at radius 2 is 1.64 bits per heavy atom. The van der Waals surface area contributed by atoms with Gasteiger partial charge in [-0.1, -0.05) is 78.3 Å². The molecule has 0 radical (unpaired) electrons. The summed E-state index contributed by atoms with van der Waals surface area (Å²) in [4.78, 5) is 2.26. The molecule has 6 rings (SSSR count). The lowest BCUT2D eigenvalue weighted by Gasteiger charge is -2.20. The lowest BCUT2D eigenvalue weighted by atomic mass is 9.86. The van der Waals surface area contributed by atoms with Gasteiger partial charge in [-0.05, 0) is 114 Å². The van der Waals surface area contributed by atoms with Gasteiger partial charge in [-0.15, -0.1) is 0 Å². The fourth-order valence-corrected chi connectivity index (χ4v) is 6.89. The Hall–Kier alpha value is -3.51. The van der Waals surface area contributed by atoms with Crippen LogP contribution in [0, 0.1) is 5.82 Å². The van der Waals surface area contributed by atoms with Crippen molar-refractivity contribution in [2.24, 2.45) is 0 Å². The van der Waals surface area contributed by atoms with Crippen LogP contribution < -0.4 is 4.74 Å². The standard InChI is InChI=1S/C39H40ClF2NO2/c1-39(2,44)30-15-10-26(11-16-30)28-14-19-33-29(24-28)6-3-7-34(35-8-4-9-36(42)38(35)40)37(33)27-12-17-31(18-13-27)45-32-20-23-43(25-32)22-5-21-41/h4,8-19,24,32,44H,3,5-7,20-23,25H2,1-2H3. The quantitative estimate of drug-likeness (QED) is 0.201. The maximum Gasteiger partial charge on any atom is 0.142 e. The molecule has 1 N–H and O–H groups in total. The summed E-state index contributed by atoms with van der Waals surface area (Å²) in [6.07, 6.45) is 4.13. The number of allylic oxidation sites excluding steroid dienone is 1. The van der Waals surface area contributed by atoms with Crippen LogP contribution in [0.3, 0.4) is 0 Å². The highest BCUT2D eigenvalue weighted by Gasteiger charge is 2.25. The van der Waals surface area contributed by atoms with Crippen LogP contribution in [0.5, 0.6) is 5.75 Å². The predicted octanol–water partition coefficient (Wildman–Crippen LogP) is 9.48. The van der Waals surface area contributed by atoms with Crippen molar-refractivity contribution in [2.45, 2.75) is 57.7 Å². The minimum absolute atomic E-state index is 0.0888. The molecular formula is C39H40ClF2NO2. The Kier molecular flexibility index (Phi) is 9.41. The molecule has 0 amide bonds. The number of hydrogen-bond acceptors (Lipinski definition) is 3. The van der Waals surface area contributed by atoms with Crippen LogP contribution in [0.1, 0.15) is 67.3 Å². The third kappa shape index (κ3) is 7.01.